The van der Waals surface area contributed by atoms with E-state index in [2.05, 4.69) is 22.2 Å². The number of methoxy groups -OCH3 is 3. The van der Waals surface area contributed by atoms with Gasteiger partial charge in [-0.3, -0.25) is 9.59 Å². The largest absolute Gasteiger partial charge is 0.496 e. The number of rotatable bonds is 11. The Balaban J connectivity index is 1.49. The Labute approximate surface area is 297 Å². The molecule has 2 saturated carbocycles. The van der Waals surface area contributed by atoms with Crippen LogP contribution in [0.1, 0.15) is 75.3 Å². The molecule has 5 atom stereocenters. The van der Waals surface area contributed by atoms with Crippen LogP contribution >= 0.6 is 0 Å². The van der Waals surface area contributed by atoms with E-state index in [0.717, 1.165) is 25.7 Å². The van der Waals surface area contributed by atoms with Gasteiger partial charge >= 0.3 is 18.0 Å². The van der Waals surface area contributed by atoms with Gasteiger partial charge in [-0.25, -0.2) is 19.4 Å². The Bertz CT molecular complexity index is 1710. The quantitative estimate of drug-likeness (QED) is 0.196. The molecule has 3 fully saturated rings. The zero-order chi connectivity index (χ0) is 37.2. The van der Waals surface area contributed by atoms with Crippen molar-refractivity contribution in [3.8, 4) is 11.5 Å². The van der Waals surface area contributed by atoms with E-state index in [9.17, 15) is 24.0 Å². The van der Waals surface area contributed by atoms with Crippen molar-refractivity contribution in [3.63, 3.8) is 0 Å². The lowest BCUT2D eigenvalue weighted by atomic mass is 9.85. The molecule has 3 amide bonds. The maximum atomic E-state index is 14.5. The highest BCUT2D eigenvalue weighted by Crippen LogP contribution is 2.46. The maximum Gasteiger partial charge on any atom is 0.408 e. The molecule has 2 aliphatic carbocycles. The van der Waals surface area contributed by atoms with Gasteiger partial charge in [0.2, 0.25) is 11.8 Å². The number of nitrogens with zero attached hydrogens (tertiary/aromatic N) is 2. The van der Waals surface area contributed by atoms with Gasteiger partial charge in [0.15, 0.2) is 5.69 Å². The predicted molar refractivity (Wildman–Crippen MR) is 185 cm³/mol. The first-order valence-corrected chi connectivity index (χ1v) is 17.2. The third kappa shape index (κ3) is 7.59. The monoisotopic (exact) mass is 708 g/mol. The molecule has 5 rings (SSSR count). The minimum Gasteiger partial charge on any atom is -0.496 e. The number of aromatic nitrogens is 1. The number of pyridine rings is 1. The van der Waals surface area contributed by atoms with E-state index in [0.29, 0.717) is 28.6 Å². The van der Waals surface area contributed by atoms with Gasteiger partial charge in [-0.05, 0) is 56.6 Å². The number of fused-ring (bicyclic) bond motifs is 1. The standard InChI is InChI=1S/C37H48N4O10/c1-9-21-18-37(21,34(45)49-8)40-31(42)26-16-23(19-41(26)32(43)30(36(3,4)5)39-35(46)51-22-12-10-11-13-22)50-28-17-25(33(44)48-7)38-29-20(2)27(47-6)15-14-24(28)29/h9,14-15,17,21-23,26,30H,1,10-13,16,18-19H2,2-8H3,(H,39,46)(H,40,42)/t21-,23-,26+,30-,37-/m1/s1. The molecule has 0 bridgehead atoms. The summed E-state index contributed by atoms with van der Waals surface area (Å²) in [5, 5.41) is 6.20. The second-order valence-corrected chi connectivity index (χ2v) is 14.5. The van der Waals surface area contributed by atoms with Crippen molar-refractivity contribution in [2.24, 2.45) is 11.3 Å². The minimum absolute atomic E-state index is 0.00133. The highest BCUT2D eigenvalue weighted by Gasteiger charge is 2.62. The fraction of sp³-hybridized carbons (Fsp3) is 0.568. The van der Waals surface area contributed by atoms with Crippen LogP contribution in [0.15, 0.2) is 30.9 Å². The summed E-state index contributed by atoms with van der Waals surface area (Å²) in [6.07, 6.45) is 3.69. The van der Waals surface area contributed by atoms with Crippen LogP contribution < -0.4 is 20.1 Å². The fourth-order valence-corrected chi connectivity index (χ4v) is 7.07. The summed E-state index contributed by atoms with van der Waals surface area (Å²) in [4.78, 5) is 73.1. The minimum atomic E-state index is -1.30. The van der Waals surface area contributed by atoms with Crippen molar-refractivity contribution in [1.29, 1.82) is 0 Å². The lowest BCUT2D eigenvalue weighted by Crippen LogP contribution is -2.59. The van der Waals surface area contributed by atoms with E-state index >= 15 is 0 Å². The number of carbonyl (C=O) groups excluding carboxylic acids is 5. The van der Waals surface area contributed by atoms with Gasteiger partial charge in [0.05, 0.1) is 33.4 Å². The Hall–Kier alpha value is -4.88. The molecule has 2 aromatic rings. The summed E-state index contributed by atoms with van der Waals surface area (Å²) < 4.78 is 27.6. The third-order valence-electron chi connectivity index (χ3n) is 10.0. The molecule has 0 spiro atoms. The number of amides is 3. The van der Waals surface area contributed by atoms with Gasteiger partial charge in [0, 0.05) is 29.4 Å². The molecular weight excluding hydrogens is 660 g/mol. The Morgan fingerprint density at radius 1 is 1.04 bits per heavy atom. The van der Waals surface area contributed by atoms with Gasteiger partial charge in [-0.2, -0.15) is 0 Å². The van der Waals surface area contributed by atoms with Crippen LogP contribution in [-0.4, -0.2) is 97.4 Å². The molecule has 14 heteroatoms. The predicted octanol–water partition coefficient (Wildman–Crippen LogP) is 4.00. The second kappa shape index (κ2) is 14.8. The average Bonchev–Trinajstić information content (AvgIpc) is 3.36. The topological polar surface area (TPSA) is 172 Å². The van der Waals surface area contributed by atoms with Crippen molar-refractivity contribution in [2.75, 3.05) is 27.9 Å². The van der Waals surface area contributed by atoms with Crippen LogP contribution in [0.25, 0.3) is 10.9 Å². The molecule has 276 valence electrons. The highest BCUT2D eigenvalue weighted by atomic mass is 16.6. The number of nitrogens with one attached hydrogen (secondary N) is 2. The van der Waals surface area contributed by atoms with E-state index in [1.165, 1.54) is 32.3 Å². The molecule has 0 unspecified atom stereocenters. The number of carbonyl (C=O) groups is 5. The van der Waals surface area contributed by atoms with Crippen molar-refractivity contribution in [2.45, 2.75) is 96.1 Å². The number of hydrogen-bond acceptors (Lipinski definition) is 11. The van der Waals surface area contributed by atoms with Crippen LogP contribution in [0.4, 0.5) is 4.79 Å². The summed E-state index contributed by atoms with van der Waals surface area (Å²) in [5.74, 6) is -1.89. The van der Waals surface area contributed by atoms with Gasteiger partial charge in [-0.15, -0.1) is 6.58 Å². The number of ether oxygens (including phenoxy) is 5. The first-order valence-electron chi connectivity index (χ1n) is 17.2. The zero-order valence-electron chi connectivity index (χ0n) is 30.3. The van der Waals surface area contributed by atoms with E-state index in [1.807, 2.05) is 20.8 Å². The summed E-state index contributed by atoms with van der Waals surface area (Å²) in [5.41, 5.74) is -0.963. The number of esters is 2. The maximum absolute atomic E-state index is 14.5. The molecule has 51 heavy (non-hydrogen) atoms. The van der Waals surface area contributed by atoms with Gasteiger partial charge in [-0.1, -0.05) is 26.8 Å². The second-order valence-electron chi connectivity index (χ2n) is 14.5. The molecule has 2 heterocycles. The lowest BCUT2D eigenvalue weighted by molar-refractivity contribution is -0.148. The molecule has 1 aromatic heterocycles. The number of alkyl carbamates (subject to hydrolysis) is 1. The van der Waals surface area contributed by atoms with Crippen molar-refractivity contribution >= 4 is 40.7 Å². The Morgan fingerprint density at radius 3 is 2.33 bits per heavy atom. The van der Waals surface area contributed by atoms with Gasteiger partial charge in [0.25, 0.3) is 0 Å². The third-order valence-corrected chi connectivity index (χ3v) is 10.0. The number of aryl methyl sites for hydroxylation is 1. The molecule has 1 aliphatic heterocycles. The number of likely N-dealkylation sites (tertiary alicyclic amines) is 1. The molecule has 3 aliphatic rings. The normalized spacial score (nSPS) is 23.6. The van der Waals surface area contributed by atoms with Crippen LogP contribution in [0.2, 0.25) is 0 Å². The van der Waals surface area contributed by atoms with Gasteiger partial charge in [0.1, 0.15) is 41.3 Å². The molecule has 1 aromatic carbocycles. The summed E-state index contributed by atoms with van der Waals surface area (Å²) in [7, 11) is 4.02. The Morgan fingerprint density at radius 2 is 1.75 bits per heavy atom. The van der Waals surface area contributed by atoms with Crippen LogP contribution in [0.5, 0.6) is 11.5 Å². The van der Waals surface area contributed by atoms with Crippen molar-refractivity contribution < 1.29 is 47.7 Å². The molecule has 1 saturated heterocycles. The summed E-state index contributed by atoms with van der Waals surface area (Å²) in [6, 6.07) is 2.81. The smallest absolute Gasteiger partial charge is 0.408 e. The summed E-state index contributed by atoms with van der Waals surface area (Å²) in [6.45, 7) is 11.0. The first kappa shape index (κ1) is 37.4. The Kier molecular flexibility index (Phi) is 10.8. The molecule has 0 radical (unpaired) electrons. The van der Waals surface area contributed by atoms with Crippen molar-refractivity contribution in [1.82, 2.24) is 20.5 Å². The van der Waals surface area contributed by atoms with Crippen LogP contribution in [-0.2, 0) is 28.6 Å². The van der Waals surface area contributed by atoms with E-state index in [-0.39, 0.29) is 36.4 Å². The van der Waals surface area contributed by atoms with Gasteiger partial charge < -0.3 is 39.2 Å². The fourth-order valence-electron chi connectivity index (χ4n) is 7.07. The van der Waals surface area contributed by atoms with Crippen molar-refractivity contribution in [3.05, 3.63) is 42.1 Å². The molecular formula is C37H48N4O10. The lowest BCUT2D eigenvalue weighted by Gasteiger charge is -2.35. The molecule has 14 nitrogen and oxygen atoms in total. The van der Waals surface area contributed by atoms with Crippen LogP contribution in [0, 0.1) is 18.3 Å². The first-order chi connectivity index (χ1) is 24.2. The summed E-state index contributed by atoms with van der Waals surface area (Å²) >= 11 is 0. The average molecular weight is 709 g/mol. The van der Waals surface area contributed by atoms with Crippen LogP contribution in [0.3, 0.4) is 0 Å². The SMILES string of the molecule is C=C[C@@H]1C[C@]1(NC(=O)[C@@H]1C[C@@H](Oc2cc(C(=O)OC)nc3c(C)c(OC)ccc23)CN1C(=O)[C@@H](NC(=O)OC1CCCC1)C(C)(C)C)C(=O)OC. The van der Waals surface area contributed by atoms with E-state index in [4.69, 9.17) is 23.7 Å². The number of hydrogen-bond donors (Lipinski definition) is 2. The van der Waals surface area contributed by atoms with E-state index < -0.39 is 59.0 Å². The molecule has 2 N–H and O–H groups in total. The van der Waals surface area contributed by atoms with E-state index in [1.54, 1.807) is 25.1 Å². The zero-order valence-corrected chi connectivity index (χ0v) is 30.3. The highest BCUT2D eigenvalue weighted by molar-refractivity contribution is 5.98. The number of benzene rings is 1.